The largest absolute Gasteiger partial charge is 0.493 e. The lowest BCUT2D eigenvalue weighted by Gasteiger charge is -2.35. The molecule has 2 amide bonds. The van der Waals surface area contributed by atoms with Gasteiger partial charge in [-0.2, -0.15) is 13.1 Å². The maximum Gasteiger partial charge on any atom is 0.422 e. The van der Waals surface area contributed by atoms with Crippen LogP contribution in [0.5, 0.6) is 11.5 Å². The Labute approximate surface area is 203 Å². The number of fused-ring (bicyclic) bond motifs is 1. The number of ether oxygens (including phenoxy) is 3. The van der Waals surface area contributed by atoms with Crippen LogP contribution in [0.15, 0.2) is 18.5 Å². The predicted molar refractivity (Wildman–Crippen MR) is 128 cm³/mol. The Morgan fingerprint density at radius 2 is 1.66 bits per heavy atom. The van der Waals surface area contributed by atoms with Crippen molar-refractivity contribution in [2.75, 3.05) is 51.8 Å². The zero-order chi connectivity index (χ0) is 25.8. The van der Waals surface area contributed by atoms with Crippen LogP contribution in [0.1, 0.15) is 20.8 Å². The number of nitrogens with zero attached hydrogens (tertiary/aromatic N) is 4. The number of carbonyl (C=O) groups excluding carboxylic acids is 2. The smallest absolute Gasteiger partial charge is 0.422 e. The number of piperazine rings is 1. The van der Waals surface area contributed by atoms with Crippen LogP contribution in [-0.4, -0.2) is 87.8 Å². The number of aromatic nitrogens is 2. The van der Waals surface area contributed by atoms with Crippen LogP contribution >= 0.6 is 0 Å². The molecule has 13 nitrogen and oxygen atoms in total. The first-order valence-corrected chi connectivity index (χ1v) is 12.3. The number of hydrogen-bond donors (Lipinski definition) is 2. The van der Waals surface area contributed by atoms with E-state index in [1.807, 2.05) is 11.0 Å². The number of anilines is 1. The van der Waals surface area contributed by atoms with E-state index >= 15 is 0 Å². The molecule has 2 N–H and O–H groups in total. The normalized spacial score (nSPS) is 14.5. The minimum Gasteiger partial charge on any atom is -0.493 e. The van der Waals surface area contributed by atoms with Gasteiger partial charge in [-0.15, -0.1) is 0 Å². The highest BCUT2D eigenvalue weighted by Gasteiger charge is 2.26. The summed E-state index contributed by atoms with van der Waals surface area (Å²) in [4.78, 5) is 36.5. The Morgan fingerprint density at radius 3 is 2.26 bits per heavy atom. The van der Waals surface area contributed by atoms with Crippen molar-refractivity contribution in [1.29, 1.82) is 0 Å². The molecule has 1 saturated heterocycles. The van der Waals surface area contributed by atoms with Gasteiger partial charge in [-0.1, -0.05) is 0 Å². The molecule has 0 radical (unpaired) electrons. The fourth-order valence-electron chi connectivity index (χ4n) is 3.50. The van der Waals surface area contributed by atoms with E-state index in [1.165, 1.54) is 6.33 Å². The van der Waals surface area contributed by atoms with E-state index in [9.17, 15) is 18.0 Å². The summed E-state index contributed by atoms with van der Waals surface area (Å²) in [5.74, 6) is 1.39. The first-order valence-electron chi connectivity index (χ1n) is 10.8. The highest BCUT2D eigenvalue weighted by Crippen LogP contribution is 2.34. The van der Waals surface area contributed by atoms with E-state index < -0.39 is 34.4 Å². The molecule has 1 fully saturated rings. The minimum absolute atomic E-state index is 0.360. The summed E-state index contributed by atoms with van der Waals surface area (Å²) in [6.45, 7) is 6.00. The van der Waals surface area contributed by atoms with Gasteiger partial charge in [-0.25, -0.2) is 19.5 Å². The van der Waals surface area contributed by atoms with Gasteiger partial charge in [0, 0.05) is 37.6 Å². The van der Waals surface area contributed by atoms with E-state index in [0.29, 0.717) is 49.0 Å². The van der Waals surface area contributed by atoms with E-state index in [-0.39, 0.29) is 0 Å². The van der Waals surface area contributed by atoms with Gasteiger partial charge < -0.3 is 24.0 Å². The molecule has 0 unspecified atom stereocenters. The van der Waals surface area contributed by atoms with Gasteiger partial charge in [-0.3, -0.25) is 4.79 Å². The minimum atomic E-state index is -4.25. The number of carbonyl (C=O) groups is 2. The summed E-state index contributed by atoms with van der Waals surface area (Å²) in [6.07, 6.45) is 0.338. The van der Waals surface area contributed by atoms with Gasteiger partial charge in [0.25, 0.3) is 0 Å². The average Bonchev–Trinajstić information content (AvgIpc) is 2.79. The van der Waals surface area contributed by atoms with E-state index in [4.69, 9.17) is 14.2 Å². The summed E-state index contributed by atoms with van der Waals surface area (Å²) in [5, 5.41) is 0.783. The van der Waals surface area contributed by atoms with Crippen molar-refractivity contribution in [3.8, 4) is 11.5 Å². The lowest BCUT2D eigenvalue weighted by atomic mass is 10.2. The van der Waals surface area contributed by atoms with Crippen LogP contribution in [0.3, 0.4) is 0 Å². The molecule has 1 aliphatic heterocycles. The second-order valence-electron chi connectivity index (χ2n) is 8.72. The van der Waals surface area contributed by atoms with Gasteiger partial charge in [0.1, 0.15) is 17.7 Å². The first-order chi connectivity index (χ1) is 16.4. The lowest BCUT2D eigenvalue weighted by Crippen LogP contribution is -2.52. The van der Waals surface area contributed by atoms with Gasteiger partial charge in [0.2, 0.25) is 5.91 Å². The summed E-state index contributed by atoms with van der Waals surface area (Å²) >= 11 is 0. The molecule has 0 spiro atoms. The van der Waals surface area contributed by atoms with Crippen molar-refractivity contribution >= 4 is 38.9 Å². The molecule has 1 aliphatic rings. The molecular weight excluding hydrogens is 480 g/mol. The van der Waals surface area contributed by atoms with Gasteiger partial charge in [0.05, 0.1) is 26.3 Å². The number of amides is 2. The Kier molecular flexibility index (Phi) is 7.85. The third kappa shape index (κ3) is 6.82. The maximum absolute atomic E-state index is 12.5. The van der Waals surface area contributed by atoms with Crippen molar-refractivity contribution in [3.05, 3.63) is 18.5 Å². The number of hydrogen-bond acceptors (Lipinski definition) is 10. The Balaban J connectivity index is 1.59. The molecule has 1 aromatic heterocycles. The monoisotopic (exact) mass is 510 g/mol. The molecule has 0 atom stereocenters. The molecule has 1 aromatic carbocycles. The highest BCUT2D eigenvalue weighted by atomic mass is 32.2. The number of methoxy groups -OCH3 is 2. The first kappa shape index (κ1) is 26.2. The van der Waals surface area contributed by atoms with Crippen LogP contribution in [0.4, 0.5) is 10.6 Å². The second kappa shape index (κ2) is 10.5. The van der Waals surface area contributed by atoms with Crippen molar-refractivity contribution < 1.29 is 32.2 Å². The van der Waals surface area contributed by atoms with Crippen LogP contribution in [0, 0.1) is 0 Å². The summed E-state index contributed by atoms with van der Waals surface area (Å²) in [6, 6.07) is 3.59. The predicted octanol–water partition coefficient (Wildman–Crippen LogP) is 0.655. The fraction of sp³-hybridized carbons (Fsp3) is 0.524. The molecule has 35 heavy (non-hydrogen) atoms. The van der Waals surface area contributed by atoms with Crippen molar-refractivity contribution in [3.63, 3.8) is 0 Å². The maximum atomic E-state index is 12.5. The lowest BCUT2D eigenvalue weighted by molar-refractivity contribution is -0.130. The molecule has 3 rings (SSSR count). The van der Waals surface area contributed by atoms with E-state index in [1.54, 1.807) is 50.7 Å². The summed E-state index contributed by atoms with van der Waals surface area (Å²) < 4.78 is 43.5. The molecular formula is C21H30N6O7S. The Bertz CT molecular complexity index is 1190. The zero-order valence-corrected chi connectivity index (χ0v) is 21.1. The molecule has 0 bridgehead atoms. The van der Waals surface area contributed by atoms with Gasteiger partial charge >= 0.3 is 16.3 Å². The Hall–Kier alpha value is -3.39. The molecule has 14 heteroatoms. The van der Waals surface area contributed by atoms with Crippen molar-refractivity contribution in [2.45, 2.75) is 26.4 Å². The van der Waals surface area contributed by atoms with Crippen LogP contribution in [0.25, 0.3) is 10.9 Å². The highest BCUT2D eigenvalue weighted by molar-refractivity contribution is 7.88. The number of nitrogens with one attached hydrogen (secondary N) is 2. The summed E-state index contributed by atoms with van der Waals surface area (Å²) in [5.41, 5.74) is -0.167. The topological polar surface area (TPSA) is 152 Å². The average molecular weight is 511 g/mol. The zero-order valence-electron chi connectivity index (χ0n) is 20.3. The number of benzene rings is 1. The van der Waals surface area contributed by atoms with Crippen LogP contribution < -0.4 is 23.8 Å². The molecule has 0 saturated carbocycles. The molecule has 2 heterocycles. The SMILES string of the molecule is COc1cc2ncnc(N3CCN(C(=O)CNS(=O)(=O)NC(=O)OC(C)(C)C)CC3)c2cc1OC. The van der Waals surface area contributed by atoms with Crippen molar-refractivity contribution in [1.82, 2.24) is 24.3 Å². The molecule has 192 valence electrons. The Morgan fingerprint density at radius 1 is 1.03 bits per heavy atom. The standard InChI is InChI=1S/C21H30N6O7S/c1-21(2,3)34-20(29)25-35(30,31)24-12-18(28)26-6-8-27(9-7-26)19-14-10-16(32-4)17(33-5)11-15(14)22-13-23-19/h10-11,13,24H,6-9,12H2,1-5H3,(H,25,29). The van der Waals surface area contributed by atoms with Crippen LogP contribution in [-0.2, 0) is 19.7 Å². The quantitative estimate of drug-likeness (QED) is 0.543. The third-order valence-corrected chi connectivity index (χ3v) is 6.04. The molecule has 2 aromatic rings. The van der Waals surface area contributed by atoms with Crippen molar-refractivity contribution in [2.24, 2.45) is 0 Å². The van der Waals surface area contributed by atoms with Gasteiger partial charge in [-0.05, 0) is 26.8 Å². The van der Waals surface area contributed by atoms with E-state index in [2.05, 4.69) is 14.7 Å². The fourth-order valence-corrected chi connectivity index (χ4v) is 4.15. The van der Waals surface area contributed by atoms with E-state index in [0.717, 1.165) is 5.39 Å². The second-order valence-corrected chi connectivity index (χ2v) is 10.2. The van der Waals surface area contributed by atoms with Crippen LogP contribution in [0.2, 0.25) is 0 Å². The summed E-state index contributed by atoms with van der Waals surface area (Å²) in [7, 11) is -1.15. The molecule has 0 aliphatic carbocycles. The number of rotatable bonds is 7. The van der Waals surface area contributed by atoms with Gasteiger partial charge in [0.15, 0.2) is 11.5 Å². The third-order valence-electron chi connectivity index (χ3n) is 5.08.